The molecule has 8 heteroatoms. The van der Waals surface area contributed by atoms with Gasteiger partial charge in [0.25, 0.3) is 5.91 Å². The topological polar surface area (TPSA) is 98.3 Å². The second-order valence-electron chi connectivity index (χ2n) is 11.2. The molecule has 0 saturated carbocycles. The highest BCUT2D eigenvalue weighted by Crippen LogP contribution is 2.28. The number of benzene rings is 2. The van der Waals surface area contributed by atoms with Crippen molar-refractivity contribution in [3.8, 4) is 0 Å². The van der Waals surface area contributed by atoms with Gasteiger partial charge in [0.2, 0.25) is 0 Å². The number of pyridine rings is 1. The Morgan fingerprint density at radius 1 is 0.977 bits per heavy atom. The van der Waals surface area contributed by atoms with Gasteiger partial charge in [-0.1, -0.05) is 69.7 Å². The maximum atomic E-state index is 12.9. The fourth-order valence-corrected chi connectivity index (χ4v) is 5.19. The minimum atomic E-state index is -0.178. The van der Waals surface area contributed by atoms with E-state index in [0.29, 0.717) is 24.5 Å². The highest BCUT2D eigenvalue weighted by Gasteiger charge is 2.18. The molecule has 0 saturated heterocycles. The molecule has 0 aliphatic heterocycles. The van der Waals surface area contributed by atoms with Gasteiger partial charge in [0.1, 0.15) is 17.4 Å². The Labute approximate surface area is 264 Å². The maximum Gasteiger partial charge on any atom is 0.251 e. The number of aromatic nitrogens is 3. The van der Waals surface area contributed by atoms with Gasteiger partial charge in [0.15, 0.2) is 5.82 Å². The molecule has 4 aromatic rings. The molecule has 2 heterocycles. The number of anilines is 1. The average Bonchev–Trinajstić information content (AvgIpc) is 3.41. The Hall–Kier alpha value is -3.75. The van der Waals surface area contributed by atoms with E-state index in [9.17, 15) is 4.79 Å². The summed E-state index contributed by atoms with van der Waals surface area (Å²) in [4.78, 5) is 24.4. The van der Waals surface area contributed by atoms with Gasteiger partial charge in [-0.05, 0) is 76.0 Å². The number of imidazole rings is 1. The van der Waals surface area contributed by atoms with Crippen LogP contribution in [0.1, 0.15) is 91.1 Å². The van der Waals surface area contributed by atoms with Crippen molar-refractivity contribution in [2.24, 2.45) is 0 Å². The largest absolute Gasteiger partial charge is 0.382 e. The van der Waals surface area contributed by atoms with Crippen LogP contribution in [0.25, 0.3) is 11.0 Å². The van der Waals surface area contributed by atoms with E-state index >= 15 is 0 Å². The molecule has 1 atom stereocenters. The van der Waals surface area contributed by atoms with Gasteiger partial charge in [0.05, 0.1) is 12.1 Å². The van der Waals surface area contributed by atoms with Crippen LogP contribution in [-0.4, -0.2) is 59.1 Å². The quantitative estimate of drug-likeness (QED) is 0.144. The smallest absolute Gasteiger partial charge is 0.251 e. The van der Waals surface area contributed by atoms with Crippen LogP contribution in [0, 0.1) is 13.8 Å². The standard InChI is InChI=1S/C34H46N6O2.C2H6/c1-6-7-15-29-38-30-31(24(2)25(3)37-33(30)35)40(29)21-12-11-20-36-34(41)28-18-16-27(17-19-28)32(42-23-22-39(4)5)26-13-9-8-10-14-26;1-2/h8-10,13-14,16-19,32H,6-7,11-12,15,20-23H2,1-5H3,(H2,35,37)(H,36,41);1-2H3. The van der Waals surface area contributed by atoms with E-state index in [0.717, 1.165) is 84.4 Å². The number of amides is 1. The summed E-state index contributed by atoms with van der Waals surface area (Å²) in [5.41, 5.74) is 13.0. The van der Waals surface area contributed by atoms with E-state index in [1.807, 2.05) is 77.3 Å². The highest BCUT2D eigenvalue weighted by molar-refractivity contribution is 5.94. The molecule has 0 spiro atoms. The molecule has 3 N–H and O–H groups in total. The lowest BCUT2D eigenvalue weighted by Crippen LogP contribution is -2.24. The second-order valence-corrected chi connectivity index (χ2v) is 11.2. The van der Waals surface area contributed by atoms with Gasteiger partial charge in [-0.25, -0.2) is 9.97 Å². The molecule has 4 rings (SSSR count). The molecule has 2 aromatic heterocycles. The van der Waals surface area contributed by atoms with Crippen LogP contribution < -0.4 is 11.1 Å². The molecule has 8 nitrogen and oxygen atoms in total. The van der Waals surface area contributed by atoms with E-state index < -0.39 is 0 Å². The number of carbonyl (C=O) groups is 1. The molecule has 0 bridgehead atoms. The first-order chi connectivity index (χ1) is 21.3. The number of ether oxygens (including phenoxy) is 1. The molecule has 1 unspecified atom stereocenters. The van der Waals surface area contributed by atoms with E-state index in [4.69, 9.17) is 15.5 Å². The average molecular weight is 601 g/mol. The number of nitrogens with two attached hydrogens (primary N) is 1. The zero-order valence-electron chi connectivity index (χ0n) is 27.8. The molecular formula is C36H52N6O2. The summed E-state index contributed by atoms with van der Waals surface area (Å²) in [7, 11) is 4.07. The van der Waals surface area contributed by atoms with Crippen molar-refractivity contribution in [3.63, 3.8) is 0 Å². The molecule has 0 fully saturated rings. The number of nitrogens with one attached hydrogen (secondary N) is 1. The molecule has 238 valence electrons. The monoisotopic (exact) mass is 600 g/mol. The number of nitrogen functional groups attached to an aromatic ring is 1. The minimum Gasteiger partial charge on any atom is -0.382 e. The number of nitrogens with zero attached hydrogens (tertiary/aromatic N) is 4. The van der Waals surface area contributed by atoms with Gasteiger partial charge in [-0.2, -0.15) is 0 Å². The minimum absolute atomic E-state index is 0.0617. The van der Waals surface area contributed by atoms with E-state index in [-0.39, 0.29) is 12.0 Å². The summed E-state index contributed by atoms with van der Waals surface area (Å²) in [5.74, 6) is 1.50. The Morgan fingerprint density at radius 2 is 1.66 bits per heavy atom. The molecule has 1 amide bonds. The Balaban J connectivity index is 0.00000259. The van der Waals surface area contributed by atoms with Gasteiger partial charge in [0, 0.05) is 37.3 Å². The summed E-state index contributed by atoms with van der Waals surface area (Å²) >= 11 is 0. The van der Waals surface area contributed by atoms with Crippen molar-refractivity contribution in [3.05, 3.63) is 88.4 Å². The van der Waals surface area contributed by atoms with Crippen molar-refractivity contribution in [1.29, 1.82) is 0 Å². The van der Waals surface area contributed by atoms with E-state index in [1.165, 1.54) is 0 Å². The first kappa shape index (κ1) is 34.7. The van der Waals surface area contributed by atoms with Crippen LogP contribution in [0.2, 0.25) is 0 Å². The molecule has 2 aromatic carbocycles. The lowest BCUT2D eigenvalue weighted by atomic mass is 10.00. The predicted molar refractivity (Wildman–Crippen MR) is 182 cm³/mol. The summed E-state index contributed by atoms with van der Waals surface area (Å²) in [6.45, 7) is 13.2. The number of unbranched alkanes of at least 4 members (excludes halogenated alkanes) is 2. The van der Waals surface area contributed by atoms with E-state index in [1.54, 1.807) is 0 Å². The van der Waals surface area contributed by atoms with Gasteiger partial charge >= 0.3 is 0 Å². The third-order valence-corrected chi connectivity index (χ3v) is 7.72. The third-order valence-electron chi connectivity index (χ3n) is 7.72. The molecule has 0 radical (unpaired) electrons. The summed E-state index contributed by atoms with van der Waals surface area (Å²) in [6.07, 6.45) is 4.72. The number of hydrogen-bond acceptors (Lipinski definition) is 6. The summed E-state index contributed by atoms with van der Waals surface area (Å²) < 4.78 is 8.58. The molecule has 44 heavy (non-hydrogen) atoms. The number of likely N-dealkylation sites (N-methyl/N-ethyl adjacent to an activating group) is 1. The number of carbonyl (C=O) groups excluding carboxylic acids is 1. The van der Waals surface area contributed by atoms with E-state index in [2.05, 4.69) is 45.7 Å². The highest BCUT2D eigenvalue weighted by atomic mass is 16.5. The zero-order valence-corrected chi connectivity index (χ0v) is 27.8. The first-order valence-electron chi connectivity index (χ1n) is 16.1. The molecule has 0 aliphatic rings. The van der Waals surface area contributed by atoms with Gasteiger partial charge in [-0.15, -0.1) is 0 Å². The summed E-state index contributed by atoms with van der Waals surface area (Å²) in [6, 6.07) is 18.0. The van der Waals surface area contributed by atoms with Crippen molar-refractivity contribution in [1.82, 2.24) is 24.8 Å². The normalized spacial score (nSPS) is 11.8. The lowest BCUT2D eigenvalue weighted by molar-refractivity contribution is 0.0687. The van der Waals surface area contributed by atoms with Crippen LogP contribution in [0.4, 0.5) is 5.82 Å². The van der Waals surface area contributed by atoms with Crippen molar-refractivity contribution >= 4 is 22.8 Å². The SMILES string of the molecule is CC.CCCCc1nc2c(N)nc(C)c(C)c2n1CCCCNC(=O)c1ccc(C(OCCN(C)C)c2ccccc2)cc1. The fourth-order valence-electron chi connectivity index (χ4n) is 5.19. The Bertz CT molecular complexity index is 1450. The zero-order chi connectivity index (χ0) is 32.1. The number of aryl methyl sites for hydroxylation is 4. The van der Waals surface area contributed by atoms with Crippen LogP contribution >= 0.6 is 0 Å². The first-order valence-corrected chi connectivity index (χ1v) is 16.1. The maximum absolute atomic E-state index is 12.9. The van der Waals surface area contributed by atoms with Crippen LogP contribution in [-0.2, 0) is 17.7 Å². The van der Waals surface area contributed by atoms with Crippen LogP contribution in [0.5, 0.6) is 0 Å². The third kappa shape index (κ3) is 9.13. The number of fused-ring (bicyclic) bond motifs is 1. The van der Waals surface area contributed by atoms with Crippen molar-refractivity contribution in [2.45, 2.75) is 79.4 Å². The number of rotatable bonds is 15. The predicted octanol–water partition coefficient (Wildman–Crippen LogP) is 6.88. The summed E-state index contributed by atoms with van der Waals surface area (Å²) in [5, 5.41) is 3.09. The van der Waals surface area contributed by atoms with Crippen molar-refractivity contribution < 1.29 is 9.53 Å². The fraction of sp³-hybridized carbons (Fsp3) is 0.472. The van der Waals surface area contributed by atoms with Gasteiger partial charge in [-0.3, -0.25) is 4.79 Å². The molecule has 0 aliphatic carbocycles. The number of hydrogen-bond donors (Lipinski definition) is 2. The van der Waals surface area contributed by atoms with Crippen molar-refractivity contribution in [2.75, 3.05) is 39.5 Å². The Morgan fingerprint density at radius 3 is 2.32 bits per heavy atom. The van der Waals surface area contributed by atoms with Gasteiger partial charge < -0.3 is 25.3 Å². The molecular weight excluding hydrogens is 548 g/mol. The van der Waals surface area contributed by atoms with Crippen LogP contribution in [0.15, 0.2) is 54.6 Å². The second kappa shape index (κ2) is 17.5. The lowest BCUT2D eigenvalue weighted by Gasteiger charge is -2.20. The van der Waals surface area contributed by atoms with Crippen LogP contribution in [0.3, 0.4) is 0 Å². The Kier molecular flexibility index (Phi) is 13.8.